The summed E-state index contributed by atoms with van der Waals surface area (Å²) < 4.78 is 38.0. The van der Waals surface area contributed by atoms with E-state index in [0.717, 1.165) is 16.4 Å². The Morgan fingerprint density at radius 1 is 1.25 bits per heavy atom. The quantitative estimate of drug-likeness (QED) is 0.317. The van der Waals surface area contributed by atoms with Gasteiger partial charge in [0.1, 0.15) is 18.1 Å². The van der Waals surface area contributed by atoms with Gasteiger partial charge in [-0.05, 0) is 30.5 Å². The van der Waals surface area contributed by atoms with Crippen LogP contribution in [0.1, 0.15) is 23.8 Å². The van der Waals surface area contributed by atoms with Crippen LogP contribution in [0.5, 0.6) is 5.75 Å². The molecule has 3 aromatic rings. The molecule has 0 N–H and O–H groups in total. The van der Waals surface area contributed by atoms with Gasteiger partial charge in [-0.25, -0.2) is 8.78 Å². The molecule has 0 fully saturated rings. The highest BCUT2D eigenvalue weighted by Gasteiger charge is 2.19. The third kappa shape index (κ3) is 4.78. The molecule has 0 atom stereocenters. The van der Waals surface area contributed by atoms with Gasteiger partial charge in [0, 0.05) is 5.02 Å². The van der Waals surface area contributed by atoms with Crippen molar-refractivity contribution in [3.05, 3.63) is 56.7 Å². The molecule has 0 unspecified atom stereocenters. The van der Waals surface area contributed by atoms with Gasteiger partial charge in [-0.15, -0.1) is 10.2 Å². The molecule has 3 rings (SSSR count). The Balaban J connectivity index is 1.72. The Morgan fingerprint density at radius 2 is 1.96 bits per heavy atom. The molecule has 0 amide bonds. The summed E-state index contributed by atoms with van der Waals surface area (Å²) in [6.45, 7) is 0.0416. The lowest BCUT2D eigenvalue weighted by Gasteiger charge is -2.08. The number of rotatable bonds is 7. The summed E-state index contributed by atoms with van der Waals surface area (Å²) >= 11 is 19.1. The standard InChI is InChI=1S/C16H11Cl3F2N4O2S/c1-28-16-24-23-15(14(20)21)25(16)22-6-9-2-3-10(27-9)7-26-13-11(18)4-8(17)5-12(13)19/h2-6,14H,7H2,1H3. The van der Waals surface area contributed by atoms with Gasteiger partial charge in [0.2, 0.25) is 11.0 Å². The van der Waals surface area contributed by atoms with Gasteiger partial charge < -0.3 is 9.15 Å². The lowest BCUT2D eigenvalue weighted by Crippen LogP contribution is -2.00. The molecule has 6 nitrogen and oxygen atoms in total. The van der Waals surface area contributed by atoms with Crippen LogP contribution >= 0.6 is 46.6 Å². The number of hydrogen-bond donors (Lipinski definition) is 0. The minimum absolute atomic E-state index is 0.0416. The predicted octanol–water partition coefficient (Wildman–Crippen LogP) is 5.95. The molecule has 0 radical (unpaired) electrons. The number of aromatic nitrogens is 3. The zero-order valence-electron chi connectivity index (χ0n) is 14.1. The first-order chi connectivity index (χ1) is 13.4. The molecule has 1 aromatic carbocycles. The van der Waals surface area contributed by atoms with Crippen LogP contribution in [-0.4, -0.2) is 27.3 Å². The van der Waals surface area contributed by atoms with Crippen molar-refractivity contribution in [1.29, 1.82) is 0 Å². The summed E-state index contributed by atoms with van der Waals surface area (Å²) in [4.78, 5) is 0. The predicted molar refractivity (Wildman–Crippen MR) is 104 cm³/mol. The van der Waals surface area contributed by atoms with E-state index in [-0.39, 0.29) is 27.6 Å². The molecule has 148 valence electrons. The van der Waals surface area contributed by atoms with Crippen molar-refractivity contribution >= 4 is 52.8 Å². The van der Waals surface area contributed by atoms with Gasteiger partial charge >= 0.3 is 0 Å². The minimum Gasteiger partial charge on any atom is -0.483 e. The maximum atomic E-state index is 13.0. The Bertz CT molecular complexity index is 987. The van der Waals surface area contributed by atoms with Crippen LogP contribution in [-0.2, 0) is 6.61 Å². The van der Waals surface area contributed by atoms with Gasteiger partial charge in [-0.3, -0.25) is 0 Å². The van der Waals surface area contributed by atoms with E-state index in [1.807, 2.05) is 0 Å². The lowest BCUT2D eigenvalue weighted by atomic mass is 10.3. The summed E-state index contributed by atoms with van der Waals surface area (Å²) in [6, 6.07) is 6.27. The van der Waals surface area contributed by atoms with E-state index in [1.54, 1.807) is 18.4 Å². The number of thioether (sulfide) groups is 1. The molecular formula is C16H11Cl3F2N4O2S. The van der Waals surface area contributed by atoms with E-state index < -0.39 is 12.2 Å². The van der Waals surface area contributed by atoms with Crippen molar-refractivity contribution in [2.24, 2.45) is 5.10 Å². The van der Waals surface area contributed by atoms with Crippen molar-refractivity contribution in [2.45, 2.75) is 18.2 Å². The SMILES string of the molecule is CSc1nnc(C(F)F)n1N=Cc1ccc(COc2c(Cl)cc(Cl)cc2Cl)o1. The molecule has 0 saturated heterocycles. The molecule has 0 aliphatic carbocycles. The van der Waals surface area contributed by atoms with E-state index in [2.05, 4.69) is 15.3 Å². The third-order valence-corrected chi connectivity index (χ3v) is 4.72. The van der Waals surface area contributed by atoms with Crippen LogP contribution < -0.4 is 4.74 Å². The molecule has 0 saturated carbocycles. The fourth-order valence-corrected chi connectivity index (χ4v) is 3.48. The Labute approximate surface area is 177 Å². The Kier molecular flexibility index (Phi) is 6.82. The number of furan rings is 1. The minimum atomic E-state index is -2.81. The lowest BCUT2D eigenvalue weighted by molar-refractivity contribution is 0.135. The maximum absolute atomic E-state index is 13.0. The van der Waals surface area contributed by atoms with Crippen LogP contribution in [0, 0.1) is 0 Å². The first-order valence-electron chi connectivity index (χ1n) is 7.57. The number of nitrogens with zero attached hydrogens (tertiary/aromatic N) is 4. The van der Waals surface area contributed by atoms with Crippen molar-refractivity contribution in [3.8, 4) is 5.75 Å². The fourth-order valence-electron chi connectivity index (χ4n) is 2.11. The number of alkyl halides is 2. The highest BCUT2D eigenvalue weighted by atomic mass is 35.5. The van der Waals surface area contributed by atoms with E-state index in [0.29, 0.717) is 16.5 Å². The van der Waals surface area contributed by atoms with Crippen molar-refractivity contribution in [1.82, 2.24) is 14.9 Å². The third-order valence-electron chi connectivity index (χ3n) is 3.32. The van der Waals surface area contributed by atoms with Gasteiger partial charge in [-0.2, -0.15) is 9.78 Å². The number of hydrogen-bond acceptors (Lipinski definition) is 6. The normalized spacial score (nSPS) is 11.7. The molecular weight excluding hydrogens is 457 g/mol. The second-order valence-electron chi connectivity index (χ2n) is 5.19. The summed E-state index contributed by atoms with van der Waals surface area (Å²) in [6.07, 6.45) is 0.154. The van der Waals surface area contributed by atoms with Crippen LogP contribution in [0.15, 0.2) is 38.9 Å². The second kappa shape index (κ2) is 9.13. The fraction of sp³-hybridized carbons (Fsp3) is 0.188. The molecule has 2 aromatic heterocycles. The van der Waals surface area contributed by atoms with Crippen molar-refractivity contribution in [2.75, 3.05) is 6.26 Å². The second-order valence-corrected chi connectivity index (χ2v) is 7.22. The average molecular weight is 468 g/mol. The molecule has 0 aliphatic heterocycles. The van der Waals surface area contributed by atoms with Crippen molar-refractivity contribution in [3.63, 3.8) is 0 Å². The molecule has 2 heterocycles. The first kappa shape index (κ1) is 20.9. The van der Waals surface area contributed by atoms with E-state index >= 15 is 0 Å². The highest BCUT2D eigenvalue weighted by molar-refractivity contribution is 7.98. The molecule has 0 spiro atoms. The van der Waals surface area contributed by atoms with Crippen LogP contribution in [0.25, 0.3) is 0 Å². The number of halogens is 5. The average Bonchev–Trinajstić information content (AvgIpc) is 3.25. The van der Waals surface area contributed by atoms with Crippen LogP contribution in [0.3, 0.4) is 0 Å². The zero-order valence-corrected chi connectivity index (χ0v) is 17.2. The molecule has 0 aliphatic rings. The molecule has 0 bridgehead atoms. The Hall–Kier alpha value is -1.81. The largest absolute Gasteiger partial charge is 0.483 e. The molecule has 28 heavy (non-hydrogen) atoms. The van der Waals surface area contributed by atoms with Crippen LogP contribution in [0.2, 0.25) is 15.1 Å². The summed E-state index contributed by atoms with van der Waals surface area (Å²) in [5.41, 5.74) is 0. The smallest absolute Gasteiger partial charge is 0.299 e. The highest BCUT2D eigenvalue weighted by Crippen LogP contribution is 2.36. The van der Waals surface area contributed by atoms with Gasteiger partial charge in [0.15, 0.2) is 5.75 Å². The van der Waals surface area contributed by atoms with E-state index in [4.69, 9.17) is 44.0 Å². The number of benzene rings is 1. The van der Waals surface area contributed by atoms with Gasteiger partial charge in [0.25, 0.3) is 6.43 Å². The van der Waals surface area contributed by atoms with Crippen LogP contribution in [0.4, 0.5) is 8.78 Å². The van der Waals surface area contributed by atoms with Gasteiger partial charge in [-0.1, -0.05) is 46.6 Å². The van der Waals surface area contributed by atoms with E-state index in [1.165, 1.54) is 18.3 Å². The topological polar surface area (TPSA) is 65.4 Å². The summed E-state index contributed by atoms with van der Waals surface area (Å²) in [5.74, 6) is 0.497. The molecule has 12 heteroatoms. The van der Waals surface area contributed by atoms with Gasteiger partial charge in [0.05, 0.1) is 16.3 Å². The van der Waals surface area contributed by atoms with Crippen molar-refractivity contribution < 1.29 is 17.9 Å². The summed E-state index contributed by atoms with van der Waals surface area (Å²) in [7, 11) is 0. The Morgan fingerprint density at radius 3 is 2.61 bits per heavy atom. The van der Waals surface area contributed by atoms with E-state index in [9.17, 15) is 8.78 Å². The first-order valence-corrected chi connectivity index (χ1v) is 9.92. The zero-order chi connectivity index (χ0) is 20.3. The monoisotopic (exact) mass is 466 g/mol. The number of ether oxygens (including phenoxy) is 1. The maximum Gasteiger partial charge on any atom is 0.299 e. The summed E-state index contributed by atoms with van der Waals surface area (Å²) in [5, 5.41) is 12.2.